The summed E-state index contributed by atoms with van der Waals surface area (Å²) in [5.41, 5.74) is 2.34. The van der Waals surface area contributed by atoms with Gasteiger partial charge in [0.05, 0.1) is 0 Å². The second kappa shape index (κ2) is 5.06. The molecule has 0 spiro atoms. The quantitative estimate of drug-likeness (QED) is 0.741. The Bertz CT molecular complexity index is 604. The molecule has 102 valence electrons. The van der Waals surface area contributed by atoms with Gasteiger partial charge >= 0.3 is 0 Å². The van der Waals surface area contributed by atoms with E-state index >= 15 is 0 Å². The molecule has 0 amide bonds. The molecule has 2 aromatic carbocycles. The van der Waals surface area contributed by atoms with Crippen molar-refractivity contribution in [3.05, 3.63) is 71.8 Å². The van der Waals surface area contributed by atoms with E-state index < -0.39 is 4.87 Å². The summed E-state index contributed by atoms with van der Waals surface area (Å²) >= 11 is 6.61. The van der Waals surface area contributed by atoms with E-state index in [-0.39, 0.29) is 17.6 Å². The Morgan fingerprint density at radius 2 is 1.45 bits per heavy atom. The van der Waals surface area contributed by atoms with Crippen LogP contribution in [0.4, 0.5) is 0 Å². The third-order valence-corrected chi connectivity index (χ3v) is 4.77. The van der Waals surface area contributed by atoms with Crippen LogP contribution >= 0.6 is 11.6 Å². The monoisotopic (exact) mass is 284 g/mol. The van der Waals surface area contributed by atoms with Crippen LogP contribution in [0.15, 0.2) is 60.7 Å². The van der Waals surface area contributed by atoms with Crippen molar-refractivity contribution in [2.45, 2.75) is 30.1 Å². The second-order valence-corrected chi connectivity index (χ2v) is 6.39. The number of ketones is 1. The standard InChI is InChI=1S/C18H17ClO/c1-18(19)16(20)12-15(13-8-4-2-5-9-13)17(18)14-10-6-3-7-11-14/h2-11,15,17H,12H2,1H3/t15-,17-,18-/m0/s1. The number of carbonyl (C=O) groups is 1. The van der Waals surface area contributed by atoms with Gasteiger partial charge in [-0.25, -0.2) is 0 Å². The maximum atomic E-state index is 12.3. The van der Waals surface area contributed by atoms with E-state index in [1.54, 1.807) is 0 Å². The van der Waals surface area contributed by atoms with Gasteiger partial charge in [0.1, 0.15) is 4.87 Å². The van der Waals surface area contributed by atoms with Gasteiger partial charge in [0.2, 0.25) is 0 Å². The van der Waals surface area contributed by atoms with Crippen LogP contribution in [-0.2, 0) is 4.79 Å². The Kier molecular flexibility index (Phi) is 3.39. The molecular weight excluding hydrogens is 268 g/mol. The van der Waals surface area contributed by atoms with Crippen molar-refractivity contribution < 1.29 is 4.79 Å². The molecule has 0 aromatic heterocycles. The van der Waals surface area contributed by atoms with Gasteiger partial charge in [-0.1, -0.05) is 60.7 Å². The van der Waals surface area contributed by atoms with Crippen LogP contribution in [0.25, 0.3) is 0 Å². The highest BCUT2D eigenvalue weighted by atomic mass is 35.5. The number of rotatable bonds is 2. The second-order valence-electron chi connectivity index (χ2n) is 5.61. The number of hydrogen-bond donors (Lipinski definition) is 0. The number of carbonyl (C=O) groups excluding carboxylic acids is 1. The zero-order valence-corrected chi connectivity index (χ0v) is 12.2. The molecule has 3 rings (SSSR count). The third-order valence-electron chi connectivity index (χ3n) is 4.32. The lowest BCUT2D eigenvalue weighted by Crippen LogP contribution is -2.29. The van der Waals surface area contributed by atoms with Crippen molar-refractivity contribution in [1.29, 1.82) is 0 Å². The van der Waals surface area contributed by atoms with Crippen LogP contribution in [0.5, 0.6) is 0 Å². The smallest absolute Gasteiger partial charge is 0.154 e. The Morgan fingerprint density at radius 3 is 2.00 bits per heavy atom. The number of hydrogen-bond acceptors (Lipinski definition) is 1. The van der Waals surface area contributed by atoms with E-state index in [4.69, 9.17) is 11.6 Å². The highest BCUT2D eigenvalue weighted by molar-refractivity contribution is 6.36. The van der Waals surface area contributed by atoms with E-state index in [0.717, 1.165) is 5.56 Å². The Morgan fingerprint density at radius 1 is 0.950 bits per heavy atom. The van der Waals surface area contributed by atoms with E-state index in [0.29, 0.717) is 6.42 Å². The van der Waals surface area contributed by atoms with E-state index in [2.05, 4.69) is 24.3 Å². The van der Waals surface area contributed by atoms with Gasteiger partial charge in [0, 0.05) is 12.3 Å². The van der Waals surface area contributed by atoms with Gasteiger partial charge in [-0.05, 0) is 24.0 Å². The van der Waals surface area contributed by atoms with Crippen molar-refractivity contribution in [1.82, 2.24) is 0 Å². The summed E-state index contributed by atoms with van der Waals surface area (Å²) in [5, 5.41) is 0. The van der Waals surface area contributed by atoms with Crippen LogP contribution in [0.2, 0.25) is 0 Å². The number of Topliss-reactive ketones (excluding diaryl/α,β-unsaturated/α-hetero) is 1. The molecule has 0 bridgehead atoms. The summed E-state index contributed by atoms with van der Waals surface area (Å²) in [4.78, 5) is 11.5. The lowest BCUT2D eigenvalue weighted by molar-refractivity contribution is -0.119. The van der Waals surface area contributed by atoms with Gasteiger partial charge < -0.3 is 0 Å². The predicted octanol–water partition coefficient (Wildman–Crippen LogP) is 4.52. The van der Waals surface area contributed by atoms with E-state index in [1.165, 1.54) is 5.56 Å². The summed E-state index contributed by atoms with van der Waals surface area (Å²) in [5.74, 6) is 0.329. The summed E-state index contributed by atoms with van der Waals surface area (Å²) in [7, 11) is 0. The summed E-state index contributed by atoms with van der Waals surface area (Å²) < 4.78 is 0. The summed E-state index contributed by atoms with van der Waals surface area (Å²) in [6, 6.07) is 20.4. The molecule has 0 heterocycles. The van der Waals surface area contributed by atoms with Crippen molar-refractivity contribution in [3.63, 3.8) is 0 Å². The molecule has 20 heavy (non-hydrogen) atoms. The first kappa shape index (κ1) is 13.4. The average molecular weight is 285 g/mol. The first-order valence-electron chi connectivity index (χ1n) is 6.93. The van der Waals surface area contributed by atoms with Gasteiger partial charge in [0.15, 0.2) is 5.78 Å². The Labute approximate surface area is 124 Å². The maximum absolute atomic E-state index is 12.3. The molecule has 0 saturated heterocycles. The van der Waals surface area contributed by atoms with Crippen molar-refractivity contribution in [2.75, 3.05) is 0 Å². The fourth-order valence-corrected chi connectivity index (χ4v) is 3.64. The first-order valence-corrected chi connectivity index (χ1v) is 7.30. The lowest BCUT2D eigenvalue weighted by atomic mass is 9.80. The van der Waals surface area contributed by atoms with Gasteiger partial charge in [-0.15, -0.1) is 11.6 Å². The highest BCUT2D eigenvalue weighted by Crippen LogP contribution is 2.52. The SMILES string of the molecule is C[C@]1(Cl)C(=O)C[C@@H](c2ccccc2)[C@@H]1c1ccccc1. The maximum Gasteiger partial charge on any atom is 0.154 e. The molecule has 0 unspecified atom stereocenters. The predicted molar refractivity (Wildman–Crippen MR) is 82.2 cm³/mol. The molecule has 1 fully saturated rings. The molecule has 3 atom stereocenters. The minimum atomic E-state index is -0.818. The minimum Gasteiger partial charge on any atom is -0.298 e. The fraction of sp³-hybridized carbons (Fsp3) is 0.278. The molecule has 0 N–H and O–H groups in total. The van der Waals surface area contributed by atoms with Crippen LogP contribution in [-0.4, -0.2) is 10.7 Å². The van der Waals surface area contributed by atoms with Crippen LogP contribution in [0.3, 0.4) is 0 Å². The normalized spacial score (nSPS) is 29.6. The van der Waals surface area contributed by atoms with Gasteiger partial charge in [-0.2, -0.15) is 0 Å². The zero-order chi connectivity index (χ0) is 14.2. The minimum absolute atomic E-state index is 0.0280. The summed E-state index contributed by atoms with van der Waals surface area (Å²) in [6.45, 7) is 1.86. The van der Waals surface area contributed by atoms with E-state index in [1.807, 2.05) is 43.3 Å². The average Bonchev–Trinajstić information content (AvgIpc) is 2.71. The first-order chi connectivity index (χ1) is 9.60. The van der Waals surface area contributed by atoms with Crippen LogP contribution in [0.1, 0.15) is 36.3 Å². The highest BCUT2D eigenvalue weighted by Gasteiger charge is 2.51. The third kappa shape index (κ3) is 2.16. The number of alkyl halides is 1. The van der Waals surface area contributed by atoms with Crippen LogP contribution in [0, 0.1) is 0 Å². The lowest BCUT2D eigenvalue weighted by Gasteiger charge is -2.28. The molecule has 1 aliphatic rings. The Hall–Kier alpha value is -1.60. The topological polar surface area (TPSA) is 17.1 Å². The molecule has 2 heteroatoms. The molecule has 2 aromatic rings. The van der Waals surface area contributed by atoms with Crippen LogP contribution < -0.4 is 0 Å². The van der Waals surface area contributed by atoms with Crippen molar-refractivity contribution in [2.24, 2.45) is 0 Å². The molecule has 0 aliphatic heterocycles. The van der Waals surface area contributed by atoms with Gasteiger partial charge in [-0.3, -0.25) is 4.79 Å². The molecule has 1 saturated carbocycles. The molecule has 0 radical (unpaired) electrons. The fourth-order valence-electron chi connectivity index (χ4n) is 3.28. The number of benzene rings is 2. The number of halogens is 1. The molecule has 1 nitrogen and oxygen atoms in total. The van der Waals surface area contributed by atoms with Crippen molar-refractivity contribution >= 4 is 17.4 Å². The zero-order valence-electron chi connectivity index (χ0n) is 11.4. The van der Waals surface area contributed by atoms with Crippen molar-refractivity contribution in [3.8, 4) is 0 Å². The molecule has 1 aliphatic carbocycles. The van der Waals surface area contributed by atoms with Gasteiger partial charge in [0.25, 0.3) is 0 Å². The van der Waals surface area contributed by atoms with E-state index in [9.17, 15) is 4.79 Å². The molecular formula is C18H17ClO. The Balaban J connectivity index is 2.08. The largest absolute Gasteiger partial charge is 0.298 e. The summed E-state index contributed by atoms with van der Waals surface area (Å²) in [6.07, 6.45) is 0.517.